The van der Waals surface area contributed by atoms with Crippen LogP contribution in [0.5, 0.6) is 46.0 Å². The van der Waals surface area contributed by atoms with E-state index in [-0.39, 0.29) is 0 Å². The molecule has 24 aromatic rings. The SMILES string of the molecule is c1ccc(-c2ccccc2N(c2ccc3c(c2)C2(c4ccccc4Oc4ccccc42)c2ccccc2-3)c2ccccc2-c2ccc3c(c2)C2(c4ccccc4Oc4cc(-c5ccc6sc7c(-c8ccc(N(c9ccc%10c(c9)C9(c%11ccccc%11Oc%11ccccc%119)c9ccccc9-%10)c9ccccc9-c9ccc%10c(c9)C9(c%11ccccc%11Oc%11ccccc%119)c9ccccc9-%10)cc8)cccc7c6c5)ccc42)c2ccccc2-3)cc1. The number of nitrogens with zero attached hydrogens (tertiary/aromatic N) is 2. The molecule has 0 saturated heterocycles. The number of anilines is 6. The largest absolute Gasteiger partial charge is 0.457 e. The van der Waals surface area contributed by atoms with Gasteiger partial charge in [-0.2, -0.15) is 0 Å². The maximum absolute atomic E-state index is 7.43. The number of hydrogen-bond acceptors (Lipinski definition) is 7. The van der Waals surface area contributed by atoms with Crippen molar-refractivity contribution in [2.24, 2.45) is 0 Å². The minimum atomic E-state index is -0.789. The number of para-hydroxylation sites is 10. The standard InChI is InChI=1S/C142H86N2O4S/c1-2-33-87(34-3-1)96-35-8-23-56-127(96)144(95-74-78-107-103-41-7-13-46-112(103)141(125(107)86-95)118-52-19-29-62-133(118)147-134-63-30-20-53-119(134)141)128-57-24-10-37-98(128)92-68-76-105-101-39-5-14-47-113(101)142(123(105)83-92)120-54-21-31-64-135(120)148-136-84-90(69-79-121(136)142)89-70-80-137-109(81-89)108-43-32-42-99(138(108)149-137)88-65-71-93(72-66-88)143(94-73-77-106-102-40-6-12-45-111(102)140(124(106)85-94)116-50-17-27-60-131(116)146-132-61-28-18-51-117(132)140)126-55-22-9-36-97(126)91-67-75-104-100-38-4-11-44-110(100)139(122(104)82-91)114-48-15-25-58-129(114)145-130-59-26-16-49-115(130)139/h1-86H. The van der Waals surface area contributed by atoms with Crippen LogP contribution in [0.3, 0.4) is 0 Å². The van der Waals surface area contributed by atoms with Crippen LogP contribution in [0, 0.1) is 0 Å². The van der Waals surface area contributed by atoms with Crippen molar-refractivity contribution >= 4 is 65.6 Å². The van der Waals surface area contributed by atoms with Crippen molar-refractivity contribution in [3.05, 3.63) is 611 Å². The van der Waals surface area contributed by atoms with Crippen molar-refractivity contribution in [2.45, 2.75) is 21.7 Å². The molecule has 6 nitrogen and oxygen atoms in total. The molecule has 7 heteroatoms. The fourth-order valence-electron chi connectivity index (χ4n) is 27.4. The molecule has 5 heterocycles. The molecule has 694 valence electrons. The predicted octanol–water partition coefficient (Wildman–Crippen LogP) is 37.2. The molecular formula is C142H86N2O4S. The Bertz CT molecular complexity index is 9740. The van der Waals surface area contributed by atoms with E-state index in [9.17, 15) is 0 Å². The molecule has 1 atom stereocenters. The summed E-state index contributed by atoms with van der Waals surface area (Å²) in [6, 6.07) is 194. The number of thiophene rings is 1. The zero-order valence-corrected chi connectivity index (χ0v) is 81.4. The van der Waals surface area contributed by atoms with Gasteiger partial charge in [0.05, 0.1) is 38.7 Å². The first-order valence-corrected chi connectivity index (χ1v) is 52.2. The first-order valence-electron chi connectivity index (χ1n) is 51.4. The van der Waals surface area contributed by atoms with E-state index in [1.165, 1.54) is 115 Å². The molecule has 0 amide bonds. The van der Waals surface area contributed by atoms with Crippen molar-refractivity contribution in [1.82, 2.24) is 0 Å². The highest BCUT2D eigenvalue weighted by atomic mass is 32.1. The van der Waals surface area contributed by atoms with Crippen LogP contribution in [0.15, 0.2) is 522 Å². The van der Waals surface area contributed by atoms with Crippen LogP contribution in [-0.2, 0) is 21.7 Å². The second-order valence-electron chi connectivity index (χ2n) is 40.4. The fourth-order valence-corrected chi connectivity index (χ4v) is 28.6. The van der Waals surface area contributed by atoms with Crippen molar-refractivity contribution in [3.8, 4) is 146 Å². The lowest BCUT2D eigenvalue weighted by Crippen LogP contribution is -2.32. The van der Waals surface area contributed by atoms with E-state index >= 15 is 0 Å². The van der Waals surface area contributed by atoms with E-state index in [4.69, 9.17) is 18.9 Å². The summed E-state index contributed by atoms with van der Waals surface area (Å²) in [6.45, 7) is 0. The highest BCUT2D eigenvalue weighted by molar-refractivity contribution is 7.26. The Morgan fingerprint density at radius 3 is 0.839 bits per heavy atom. The Morgan fingerprint density at radius 2 is 0.423 bits per heavy atom. The highest BCUT2D eigenvalue weighted by Crippen LogP contribution is 2.70. The van der Waals surface area contributed by atoms with Crippen LogP contribution in [0.2, 0.25) is 0 Å². The van der Waals surface area contributed by atoms with Crippen LogP contribution in [0.4, 0.5) is 34.1 Å². The van der Waals surface area contributed by atoms with Gasteiger partial charge in [0.25, 0.3) is 0 Å². The van der Waals surface area contributed by atoms with Gasteiger partial charge in [0.2, 0.25) is 0 Å². The van der Waals surface area contributed by atoms with Crippen LogP contribution >= 0.6 is 11.3 Å². The van der Waals surface area contributed by atoms with E-state index in [0.717, 1.165) is 175 Å². The van der Waals surface area contributed by atoms with Crippen molar-refractivity contribution in [1.29, 1.82) is 0 Å². The van der Waals surface area contributed by atoms with Crippen LogP contribution in [0.1, 0.15) is 89.0 Å². The van der Waals surface area contributed by atoms with Gasteiger partial charge in [-0.05, 0) is 255 Å². The number of ether oxygens (including phenoxy) is 4. The zero-order chi connectivity index (χ0) is 97.5. The second-order valence-corrected chi connectivity index (χ2v) is 41.4. The van der Waals surface area contributed by atoms with Gasteiger partial charge in [-0.3, -0.25) is 0 Å². The molecule has 32 rings (SSSR count). The van der Waals surface area contributed by atoms with E-state index in [2.05, 4.69) is 532 Å². The summed E-state index contributed by atoms with van der Waals surface area (Å²) in [5, 5.41) is 2.42. The molecule has 0 fully saturated rings. The van der Waals surface area contributed by atoms with Crippen molar-refractivity contribution in [2.75, 3.05) is 9.80 Å². The topological polar surface area (TPSA) is 43.4 Å². The predicted molar refractivity (Wildman–Crippen MR) is 605 cm³/mol. The van der Waals surface area contributed by atoms with Crippen LogP contribution in [0.25, 0.3) is 120 Å². The van der Waals surface area contributed by atoms with Crippen LogP contribution < -0.4 is 28.7 Å². The van der Waals surface area contributed by atoms with E-state index in [0.29, 0.717) is 0 Å². The summed E-state index contributed by atoms with van der Waals surface area (Å²) in [5.41, 5.74) is 42.9. The van der Waals surface area contributed by atoms with Gasteiger partial charge in [0.1, 0.15) is 46.0 Å². The third kappa shape index (κ3) is 11.5. The molecule has 1 unspecified atom stereocenters. The lowest BCUT2D eigenvalue weighted by molar-refractivity contribution is 0.436. The quantitative estimate of drug-likeness (QED) is 0.129. The van der Waals surface area contributed by atoms with Gasteiger partial charge in [-0.15, -0.1) is 11.3 Å². The van der Waals surface area contributed by atoms with Crippen molar-refractivity contribution < 1.29 is 18.9 Å². The van der Waals surface area contributed by atoms with Gasteiger partial charge in [0.15, 0.2) is 0 Å². The Hall–Kier alpha value is -18.9. The number of hydrogen-bond donors (Lipinski definition) is 0. The summed E-state index contributed by atoms with van der Waals surface area (Å²) in [6.07, 6.45) is 0. The summed E-state index contributed by atoms with van der Waals surface area (Å²) in [4.78, 5) is 5.03. The molecule has 8 aliphatic rings. The third-order valence-corrected chi connectivity index (χ3v) is 34.6. The zero-order valence-electron chi connectivity index (χ0n) is 80.6. The van der Waals surface area contributed by atoms with E-state index < -0.39 is 21.7 Å². The minimum Gasteiger partial charge on any atom is -0.457 e. The summed E-state index contributed by atoms with van der Waals surface area (Å²) in [5.74, 6) is 6.82. The molecule has 4 aliphatic heterocycles. The molecule has 149 heavy (non-hydrogen) atoms. The molecule has 1 aromatic heterocycles. The Labute approximate surface area is 866 Å². The van der Waals surface area contributed by atoms with Gasteiger partial charge in [-0.1, -0.05) is 394 Å². The average Bonchev–Trinajstić information content (AvgIpc) is 1.54. The monoisotopic (exact) mass is 1910 g/mol. The number of rotatable bonds is 11. The smallest absolute Gasteiger partial charge is 0.132 e. The molecule has 0 bridgehead atoms. The van der Waals surface area contributed by atoms with Gasteiger partial charge in [0, 0.05) is 98.4 Å². The minimum absolute atomic E-state index is 0.664. The maximum atomic E-state index is 7.43. The summed E-state index contributed by atoms with van der Waals surface area (Å²) in [7, 11) is 0. The molecule has 0 saturated carbocycles. The molecule has 0 radical (unpaired) electrons. The number of fused-ring (bicyclic) bond motifs is 39. The second kappa shape index (κ2) is 31.8. The fraction of sp³-hybridized carbons (Fsp3) is 0.0282. The molecule has 23 aromatic carbocycles. The average molecular weight is 1920 g/mol. The molecular weight excluding hydrogens is 1830 g/mol. The first-order chi connectivity index (χ1) is 73.9. The number of benzene rings is 23. The molecule has 4 aliphatic carbocycles. The van der Waals surface area contributed by atoms with Crippen LogP contribution in [-0.4, -0.2) is 0 Å². The highest BCUT2D eigenvalue weighted by Gasteiger charge is 2.57. The van der Waals surface area contributed by atoms with Gasteiger partial charge < -0.3 is 28.7 Å². The third-order valence-electron chi connectivity index (χ3n) is 33.4. The maximum Gasteiger partial charge on any atom is 0.132 e. The van der Waals surface area contributed by atoms with Gasteiger partial charge in [-0.25, -0.2) is 0 Å². The Morgan fingerprint density at radius 1 is 0.148 bits per heavy atom. The Balaban J connectivity index is 0.518. The van der Waals surface area contributed by atoms with E-state index in [1.807, 2.05) is 11.3 Å². The molecule has 4 spiro atoms. The lowest BCUT2D eigenvalue weighted by atomic mass is 9.65. The first kappa shape index (κ1) is 83.5. The Kier molecular flexibility index (Phi) is 17.8. The summed E-state index contributed by atoms with van der Waals surface area (Å²) < 4.78 is 30.6. The van der Waals surface area contributed by atoms with E-state index in [1.54, 1.807) is 0 Å². The van der Waals surface area contributed by atoms with Gasteiger partial charge >= 0.3 is 0 Å². The van der Waals surface area contributed by atoms with Crippen molar-refractivity contribution in [3.63, 3.8) is 0 Å². The molecule has 0 N–H and O–H groups in total. The lowest BCUT2D eigenvalue weighted by Gasteiger charge is -2.40. The summed E-state index contributed by atoms with van der Waals surface area (Å²) >= 11 is 1.86. The normalized spacial score (nSPS) is 14.8.